The van der Waals surface area contributed by atoms with Gasteiger partial charge in [0.15, 0.2) is 5.16 Å². The van der Waals surface area contributed by atoms with Crippen molar-refractivity contribution >= 4 is 29.0 Å². The first kappa shape index (κ1) is 16.0. The minimum absolute atomic E-state index is 0.0131. The number of rotatable bonds is 7. The Bertz CT molecular complexity index is 581. The highest BCUT2D eigenvalue weighted by Gasteiger charge is 2.13. The standard InChI is InChI=1S/C13H19N5OS2/c1-9(11-4-3-7-20-11)15-12(19)8-21-13-17-16-10(2)18(13)6-5-14/h3-4,7,9H,5-6,8,14H2,1-2H3,(H,15,19). The Morgan fingerprint density at radius 3 is 3.05 bits per heavy atom. The number of nitrogens with two attached hydrogens (primary N) is 1. The number of thiophene rings is 1. The predicted molar refractivity (Wildman–Crippen MR) is 85.4 cm³/mol. The van der Waals surface area contributed by atoms with Crippen LogP contribution in [0.5, 0.6) is 0 Å². The van der Waals surface area contributed by atoms with Gasteiger partial charge in [-0.1, -0.05) is 17.8 Å². The Morgan fingerprint density at radius 1 is 1.57 bits per heavy atom. The zero-order valence-corrected chi connectivity index (χ0v) is 13.7. The molecule has 0 aliphatic heterocycles. The molecular formula is C13H19N5OS2. The summed E-state index contributed by atoms with van der Waals surface area (Å²) in [6.45, 7) is 5.05. The second-order valence-corrected chi connectivity index (χ2v) is 6.49. The van der Waals surface area contributed by atoms with Gasteiger partial charge < -0.3 is 15.6 Å². The highest BCUT2D eigenvalue weighted by Crippen LogP contribution is 2.19. The van der Waals surface area contributed by atoms with E-state index in [1.165, 1.54) is 11.8 Å². The van der Waals surface area contributed by atoms with E-state index >= 15 is 0 Å². The Balaban J connectivity index is 1.87. The average Bonchev–Trinajstić information content (AvgIpc) is 3.09. The Labute approximate surface area is 132 Å². The maximum absolute atomic E-state index is 12.0. The van der Waals surface area contributed by atoms with Crippen molar-refractivity contribution in [2.45, 2.75) is 31.6 Å². The van der Waals surface area contributed by atoms with Crippen LogP contribution < -0.4 is 11.1 Å². The lowest BCUT2D eigenvalue weighted by Gasteiger charge is -2.12. The number of nitrogens with zero attached hydrogens (tertiary/aromatic N) is 3. The van der Waals surface area contributed by atoms with Gasteiger partial charge >= 0.3 is 0 Å². The summed E-state index contributed by atoms with van der Waals surface area (Å²) < 4.78 is 1.93. The van der Waals surface area contributed by atoms with Crippen molar-refractivity contribution < 1.29 is 4.79 Å². The van der Waals surface area contributed by atoms with Gasteiger partial charge in [-0.15, -0.1) is 21.5 Å². The van der Waals surface area contributed by atoms with Crippen LogP contribution in [-0.2, 0) is 11.3 Å². The fourth-order valence-electron chi connectivity index (χ4n) is 1.88. The van der Waals surface area contributed by atoms with E-state index in [-0.39, 0.29) is 11.9 Å². The van der Waals surface area contributed by atoms with E-state index in [0.717, 1.165) is 15.9 Å². The van der Waals surface area contributed by atoms with Crippen LogP contribution in [0.1, 0.15) is 23.7 Å². The van der Waals surface area contributed by atoms with Gasteiger partial charge in [0.05, 0.1) is 11.8 Å². The van der Waals surface area contributed by atoms with E-state index in [1.54, 1.807) is 11.3 Å². The molecule has 2 rings (SSSR count). The quantitative estimate of drug-likeness (QED) is 0.755. The van der Waals surface area contributed by atoms with Crippen LogP contribution in [0.25, 0.3) is 0 Å². The lowest BCUT2D eigenvalue weighted by atomic mass is 10.3. The third-order valence-electron chi connectivity index (χ3n) is 2.93. The number of hydrogen-bond acceptors (Lipinski definition) is 6. The Hall–Kier alpha value is -1.38. The summed E-state index contributed by atoms with van der Waals surface area (Å²) in [5.41, 5.74) is 5.57. The molecule has 1 amide bonds. The summed E-state index contributed by atoms with van der Waals surface area (Å²) in [6.07, 6.45) is 0. The molecule has 8 heteroatoms. The summed E-state index contributed by atoms with van der Waals surface area (Å²) in [5, 5.41) is 13.8. The molecule has 1 atom stereocenters. The molecule has 0 aliphatic rings. The molecule has 0 bridgehead atoms. The normalized spacial score (nSPS) is 12.3. The summed E-state index contributed by atoms with van der Waals surface area (Å²) in [4.78, 5) is 13.1. The minimum atomic E-state index is -0.0131. The second-order valence-electron chi connectivity index (χ2n) is 4.56. The van der Waals surface area contributed by atoms with Crippen molar-refractivity contribution in [3.8, 4) is 0 Å². The Kier molecular flexibility index (Phi) is 5.77. The van der Waals surface area contributed by atoms with Gasteiger partial charge in [-0.05, 0) is 25.3 Å². The number of carbonyl (C=O) groups is 1. The number of aromatic nitrogens is 3. The van der Waals surface area contributed by atoms with Crippen molar-refractivity contribution in [2.75, 3.05) is 12.3 Å². The summed E-state index contributed by atoms with van der Waals surface area (Å²) >= 11 is 3.02. The smallest absolute Gasteiger partial charge is 0.230 e. The number of hydrogen-bond donors (Lipinski definition) is 2. The SMILES string of the molecule is Cc1nnc(SCC(=O)NC(C)c2cccs2)n1CCN. The highest BCUT2D eigenvalue weighted by atomic mass is 32.2. The molecule has 2 heterocycles. The second kappa shape index (κ2) is 7.58. The molecule has 2 aromatic rings. The topological polar surface area (TPSA) is 85.8 Å². The lowest BCUT2D eigenvalue weighted by molar-refractivity contribution is -0.119. The fourth-order valence-corrected chi connectivity index (χ4v) is 3.43. The molecule has 2 aromatic heterocycles. The first-order valence-corrected chi connectivity index (χ1v) is 8.53. The average molecular weight is 325 g/mol. The van der Waals surface area contributed by atoms with Gasteiger partial charge in [-0.2, -0.15) is 0 Å². The van der Waals surface area contributed by atoms with Gasteiger partial charge in [-0.3, -0.25) is 4.79 Å². The van der Waals surface area contributed by atoms with E-state index in [9.17, 15) is 4.79 Å². The first-order valence-electron chi connectivity index (χ1n) is 6.67. The van der Waals surface area contributed by atoms with Crippen LogP contribution in [0.15, 0.2) is 22.7 Å². The summed E-state index contributed by atoms with van der Waals surface area (Å²) in [6, 6.07) is 4.03. The van der Waals surface area contributed by atoms with Crippen molar-refractivity contribution in [3.63, 3.8) is 0 Å². The number of aryl methyl sites for hydroxylation is 1. The van der Waals surface area contributed by atoms with E-state index in [2.05, 4.69) is 15.5 Å². The molecule has 0 saturated carbocycles. The van der Waals surface area contributed by atoms with Crippen LogP contribution in [0.3, 0.4) is 0 Å². The highest BCUT2D eigenvalue weighted by molar-refractivity contribution is 7.99. The van der Waals surface area contributed by atoms with Gasteiger partial charge in [0, 0.05) is 18.0 Å². The zero-order chi connectivity index (χ0) is 15.2. The number of nitrogens with one attached hydrogen (secondary N) is 1. The van der Waals surface area contributed by atoms with Crippen molar-refractivity contribution in [1.82, 2.24) is 20.1 Å². The largest absolute Gasteiger partial charge is 0.348 e. The van der Waals surface area contributed by atoms with Gasteiger partial charge in [0.2, 0.25) is 5.91 Å². The molecule has 114 valence electrons. The van der Waals surface area contributed by atoms with Crippen LogP contribution in [0.4, 0.5) is 0 Å². The molecule has 1 unspecified atom stereocenters. The minimum Gasteiger partial charge on any atom is -0.348 e. The molecule has 0 radical (unpaired) electrons. The molecule has 0 saturated heterocycles. The van der Waals surface area contributed by atoms with E-state index in [0.29, 0.717) is 18.8 Å². The Morgan fingerprint density at radius 2 is 2.38 bits per heavy atom. The lowest BCUT2D eigenvalue weighted by Crippen LogP contribution is -2.27. The van der Waals surface area contributed by atoms with Crippen molar-refractivity contribution in [1.29, 1.82) is 0 Å². The zero-order valence-electron chi connectivity index (χ0n) is 12.1. The molecule has 0 aliphatic carbocycles. The third kappa shape index (κ3) is 4.29. The van der Waals surface area contributed by atoms with Crippen LogP contribution in [0.2, 0.25) is 0 Å². The first-order chi connectivity index (χ1) is 10.1. The molecule has 0 fully saturated rings. The monoisotopic (exact) mass is 325 g/mol. The fraction of sp³-hybridized carbons (Fsp3) is 0.462. The van der Waals surface area contributed by atoms with Crippen molar-refractivity contribution in [3.05, 3.63) is 28.2 Å². The summed E-state index contributed by atoms with van der Waals surface area (Å²) in [7, 11) is 0. The van der Waals surface area contributed by atoms with Crippen LogP contribution in [-0.4, -0.2) is 33.0 Å². The van der Waals surface area contributed by atoms with E-state index in [4.69, 9.17) is 5.73 Å². The third-order valence-corrected chi connectivity index (χ3v) is 4.96. The van der Waals surface area contributed by atoms with Crippen LogP contribution in [0, 0.1) is 6.92 Å². The van der Waals surface area contributed by atoms with Gasteiger partial charge in [0.25, 0.3) is 0 Å². The van der Waals surface area contributed by atoms with E-state index < -0.39 is 0 Å². The molecule has 21 heavy (non-hydrogen) atoms. The van der Waals surface area contributed by atoms with Crippen LogP contribution >= 0.6 is 23.1 Å². The van der Waals surface area contributed by atoms with Crippen molar-refractivity contribution in [2.24, 2.45) is 5.73 Å². The maximum atomic E-state index is 12.0. The molecule has 6 nitrogen and oxygen atoms in total. The maximum Gasteiger partial charge on any atom is 0.230 e. The predicted octanol–water partition coefficient (Wildman–Crippen LogP) is 1.58. The molecule has 0 spiro atoms. The number of carbonyl (C=O) groups excluding carboxylic acids is 1. The number of thioether (sulfide) groups is 1. The molecular weight excluding hydrogens is 306 g/mol. The molecule has 0 aromatic carbocycles. The van der Waals surface area contributed by atoms with Gasteiger partial charge in [-0.25, -0.2) is 0 Å². The number of amides is 1. The van der Waals surface area contributed by atoms with E-state index in [1.807, 2.05) is 35.9 Å². The molecule has 3 N–H and O–H groups in total. The van der Waals surface area contributed by atoms with Gasteiger partial charge in [0.1, 0.15) is 5.82 Å². The summed E-state index contributed by atoms with van der Waals surface area (Å²) in [5.74, 6) is 1.12.